The summed E-state index contributed by atoms with van der Waals surface area (Å²) in [7, 11) is -2.71. The van der Waals surface area contributed by atoms with E-state index >= 15 is 0 Å². The lowest BCUT2D eigenvalue weighted by Crippen LogP contribution is -2.50. The van der Waals surface area contributed by atoms with Crippen molar-refractivity contribution in [3.05, 3.63) is 76.8 Å². The van der Waals surface area contributed by atoms with Gasteiger partial charge in [-0.1, -0.05) is 29.8 Å². The lowest BCUT2D eigenvalue weighted by molar-refractivity contribution is -0.129. The van der Waals surface area contributed by atoms with Gasteiger partial charge in [0.15, 0.2) is 13.9 Å². The first-order valence-electron chi connectivity index (χ1n) is 11.4. The number of amides is 1. The summed E-state index contributed by atoms with van der Waals surface area (Å²) in [4.78, 5) is 14.4. The minimum absolute atomic E-state index is 0.0311. The third-order valence-corrected chi connectivity index (χ3v) is 8.77. The number of fused-ring (bicyclic) bond motifs is 1. The first-order chi connectivity index (χ1) is 17.4. The molecule has 0 bridgehead atoms. The molecule has 0 spiro atoms. The Labute approximate surface area is 222 Å². The van der Waals surface area contributed by atoms with Gasteiger partial charge in [-0.3, -0.25) is 4.79 Å². The fourth-order valence-electron chi connectivity index (χ4n) is 4.47. The van der Waals surface area contributed by atoms with Crippen LogP contribution in [-0.4, -0.2) is 44.0 Å². The Morgan fingerprint density at radius 1 is 0.838 bits per heavy atom. The van der Waals surface area contributed by atoms with Crippen molar-refractivity contribution in [2.24, 2.45) is 0 Å². The summed E-state index contributed by atoms with van der Waals surface area (Å²) >= 11 is 6.40. The van der Waals surface area contributed by atoms with Crippen molar-refractivity contribution >= 4 is 41.5 Å². The van der Waals surface area contributed by atoms with Crippen molar-refractivity contribution in [3.63, 3.8) is 0 Å². The van der Waals surface area contributed by atoms with E-state index in [2.05, 4.69) is 0 Å². The Morgan fingerprint density at radius 3 is 2.14 bits per heavy atom. The molecule has 11 heteroatoms. The Hall–Kier alpha value is -3.05. The number of hydrogen-bond donors (Lipinski definition) is 0. The maximum absolute atomic E-state index is 14.6. The topological polar surface area (TPSA) is 91.4 Å². The van der Waals surface area contributed by atoms with Crippen LogP contribution in [0.5, 0.6) is 17.2 Å². The minimum atomic E-state index is -4.48. The molecule has 196 valence electrons. The molecule has 0 N–H and O–H groups in total. The van der Waals surface area contributed by atoms with Crippen molar-refractivity contribution in [2.45, 2.75) is 30.1 Å². The molecule has 0 aliphatic carbocycles. The highest BCUT2D eigenvalue weighted by Gasteiger charge is 2.60. The standard InChI is InChI=1S/C26H28ClNO7SSi/c1-32-18-12-14-24(23(16-18)34-3)36(30,31)28-21-13-11-17(27)15-20(21)26(25(28)29,35-37(4,5)6)19-9-7-8-10-22(19)33-2/h7-16H,1-6H3. The number of rotatable bonds is 8. The molecule has 0 aromatic heterocycles. The van der Waals surface area contributed by atoms with Crippen LogP contribution in [0.15, 0.2) is 65.6 Å². The molecule has 0 fully saturated rings. The van der Waals surface area contributed by atoms with Gasteiger partial charge in [-0.05, 0) is 56.0 Å². The average molecular weight is 562 g/mol. The molecule has 1 amide bonds. The van der Waals surface area contributed by atoms with Crippen molar-refractivity contribution in [2.75, 3.05) is 25.6 Å². The van der Waals surface area contributed by atoms with Gasteiger partial charge in [0.2, 0.25) is 0 Å². The summed E-state index contributed by atoms with van der Waals surface area (Å²) in [5, 5.41) is 0.325. The number of nitrogens with zero attached hydrogens (tertiary/aromatic N) is 1. The third kappa shape index (κ3) is 4.48. The number of anilines is 1. The Kier molecular flexibility index (Phi) is 7.06. The van der Waals surface area contributed by atoms with Gasteiger partial charge in [0.25, 0.3) is 15.9 Å². The number of sulfonamides is 1. The lowest BCUT2D eigenvalue weighted by atomic mass is 9.87. The van der Waals surface area contributed by atoms with Crippen LogP contribution in [0.25, 0.3) is 0 Å². The van der Waals surface area contributed by atoms with Crippen LogP contribution in [0.3, 0.4) is 0 Å². The number of halogens is 1. The Morgan fingerprint density at radius 2 is 1.51 bits per heavy atom. The van der Waals surface area contributed by atoms with Crippen LogP contribution in [0.2, 0.25) is 24.7 Å². The van der Waals surface area contributed by atoms with Gasteiger partial charge in [0.1, 0.15) is 22.1 Å². The maximum atomic E-state index is 14.6. The van der Waals surface area contributed by atoms with Crippen molar-refractivity contribution in [1.82, 2.24) is 0 Å². The van der Waals surface area contributed by atoms with Gasteiger partial charge >= 0.3 is 0 Å². The van der Waals surface area contributed by atoms with E-state index in [1.54, 1.807) is 30.3 Å². The largest absolute Gasteiger partial charge is 0.497 e. The number of methoxy groups -OCH3 is 3. The van der Waals surface area contributed by atoms with Gasteiger partial charge in [-0.25, -0.2) is 8.42 Å². The fraction of sp³-hybridized carbons (Fsp3) is 0.269. The van der Waals surface area contributed by atoms with Gasteiger partial charge in [-0.2, -0.15) is 4.31 Å². The summed E-state index contributed by atoms with van der Waals surface area (Å²) in [6.07, 6.45) is 0. The number of carbonyl (C=O) groups is 1. The molecule has 1 aliphatic rings. The quantitative estimate of drug-likeness (QED) is 0.349. The zero-order chi connectivity index (χ0) is 27.2. The molecule has 0 saturated heterocycles. The molecule has 1 heterocycles. The zero-order valence-corrected chi connectivity index (χ0v) is 23.9. The van der Waals surface area contributed by atoms with Crippen LogP contribution in [-0.2, 0) is 24.8 Å². The van der Waals surface area contributed by atoms with E-state index in [1.165, 1.54) is 51.7 Å². The van der Waals surface area contributed by atoms with E-state index in [9.17, 15) is 13.2 Å². The molecule has 1 unspecified atom stereocenters. The van der Waals surface area contributed by atoms with E-state index in [4.69, 9.17) is 30.2 Å². The minimum Gasteiger partial charge on any atom is -0.497 e. The summed E-state index contributed by atoms with van der Waals surface area (Å²) in [6.45, 7) is 5.77. The molecule has 0 saturated carbocycles. The highest BCUT2D eigenvalue weighted by Crippen LogP contribution is 2.53. The number of hydrogen-bond acceptors (Lipinski definition) is 7. The van der Waals surface area contributed by atoms with E-state index in [0.717, 1.165) is 4.31 Å². The monoisotopic (exact) mass is 561 g/mol. The van der Waals surface area contributed by atoms with Crippen LogP contribution < -0.4 is 18.5 Å². The van der Waals surface area contributed by atoms with E-state index in [-0.39, 0.29) is 16.3 Å². The summed E-state index contributed by atoms with van der Waals surface area (Å²) in [5.74, 6) is 0.0144. The molecule has 4 rings (SSSR count). The van der Waals surface area contributed by atoms with Crippen molar-refractivity contribution < 1.29 is 31.8 Å². The van der Waals surface area contributed by atoms with E-state index in [0.29, 0.717) is 27.6 Å². The van der Waals surface area contributed by atoms with Crippen LogP contribution in [0.1, 0.15) is 11.1 Å². The second-order valence-electron chi connectivity index (χ2n) is 9.35. The van der Waals surface area contributed by atoms with Crippen LogP contribution in [0.4, 0.5) is 5.69 Å². The molecular formula is C26H28ClNO7SSi. The predicted octanol–water partition coefficient (Wildman–Crippen LogP) is 5.20. The van der Waals surface area contributed by atoms with Crippen LogP contribution >= 0.6 is 11.6 Å². The second-order valence-corrected chi connectivity index (χ2v) is 16.0. The fourth-order valence-corrected chi connectivity index (χ4v) is 7.46. The SMILES string of the molecule is COc1ccc(S(=O)(=O)N2C(=O)C(O[Si](C)(C)C)(c3ccccc3OC)c3cc(Cl)ccc32)c(OC)c1. The number of benzene rings is 3. The Bertz CT molecular complexity index is 1470. The first kappa shape index (κ1) is 27.0. The maximum Gasteiger partial charge on any atom is 0.281 e. The van der Waals surface area contributed by atoms with Gasteiger partial charge in [-0.15, -0.1) is 0 Å². The molecule has 8 nitrogen and oxygen atoms in total. The summed E-state index contributed by atoms with van der Waals surface area (Å²) in [6, 6.07) is 15.8. The lowest BCUT2D eigenvalue weighted by Gasteiger charge is -2.36. The van der Waals surface area contributed by atoms with Crippen molar-refractivity contribution in [3.8, 4) is 17.2 Å². The zero-order valence-electron chi connectivity index (χ0n) is 21.4. The molecule has 37 heavy (non-hydrogen) atoms. The highest BCUT2D eigenvalue weighted by molar-refractivity contribution is 7.93. The molecule has 3 aromatic rings. The third-order valence-electron chi connectivity index (χ3n) is 5.88. The molecule has 1 aliphatic heterocycles. The van der Waals surface area contributed by atoms with Crippen LogP contribution in [0, 0.1) is 0 Å². The van der Waals surface area contributed by atoms with E-state index in [1.807, 2.05) is 19.6 Å². The molecular weight excluding hydrogens is 534 g/mol. The van der Waals surface area contributed by atoms with Gasteiger partial charge in [0, 0.05) is 22.2 Å². The van der Waals surface area contributed by atoms with Gasteiger partial charge < -0.3 is 18.6 Å². The van der Waals surface area contributed by atoms with Gasteiger partial charge in [0.05, 0.1) is 27.0 Å². The average Bonchev–Trinajstić information content (AvgIpc) is 3.10. The number of ether oxygens (including phenoxy) is 3. The first-order valence-corrected chi connectivity index (χ1v) is 16.6. The number of para-hydroxylation sites is 1. The predicted molar refractivity (Wildman–Crippen MR) is 144 cm³/mol. The summed E-state index contributed by atoms with van der Waals surface area (Å²) < 4.78 is 52.0. The normalized spacial score (nSPS) is 17.5. The summed E-state index contributed by atoms with van der Waals surface area (Å²) in [5.41, 5.74) is -0.985. The second kappa shape index (κ2) is 9.68. The smallest absolute Gasteiger partial charge is 0.281 e. The Balaban J connectivity index is 2.07. The highest BCUT2D eigenvalue weighted by atomic mass is 35.5. The molecule has 0 radical (unpaired) electrons. The molecule has 1 atom stereocenters. The van der Waals surface area contributed by atoms with E-state index < -0.39 is 29.8 Å². The molecule has 3 aromatic carbocycles. The number of carbonyl (C=O) groups excluding carboxylic acids is 1. The van der Waals surface area contributed by atoms with Crippen molar-refractivity contribution in [1.29, 1.82) is 0 Å².